The summed E-state index contributed by atoms with van der Waals surface area (Å²) in [5.74, 6) is 0.339. The minimum absolute atomic E-state index is 0.0374. The highest BCUT2D eigenvalue weighted by Crippen LogP contribution is 2.32. The minimum atomic E-state index is -0.229. The molecule has 1 saturated carbocycles. The van der Waals surface area contributed by atoms with E-state index in [4.69, 9.17) is 27.9 Å². The number of H-pyrrole nitrogens is 1. The van der Waals surface area contributed by atoms with Crippen LogP contribution in [0.15, 0.2) is 29.3 Å². The van der Waals surface area contributed by atoms with Crippen molar-refractivity contribution in [2.24, 2.45) is 0 Å². The van der Waals surface area contributed by atoms with E-state index in [2.05, 4.69) is 19.9 Å². The van der Waals surface area contributed by atoms with E-state index in [-0.39, 0.29) is 23.0 Å². The fourth-order valence-corrected chi connectivity index (χ4v) is 4.46. The molecule has 8 nitrogen and oxygen atoms in total. The van der Waals surface area contributed by atoms with E-state index in [1.807, 2.05) is 6.07 Å². The zero-order valence-corrected chi connectivity index (χ0v) is 17.1. The first-order valence-electron chi connectivity index (χ1n) is 9.38. The van der Waals surface area contributed by atoms with E-state index in [0.717, 1.165) is 36.7 Å². The van der Waals surface area contributed by atoms with Crippen LogP contribution in [0, 0.1) is 0 Å². The van der Waals surface area contributed by atoms with Crippen molar-refractivity contribution in [1.29, 1.82) is 0 Å². The zero-order valence-electron chi connectivity index (χ0n) is 15.6. The van der Waals surface area contributed by atoms with E-state index in [1.54, 1.807) is 34.7 Å². The van der Waals surface area contributed by atoms with Crippen LogP contribution in [0.5, 0.6) is 0 Å². The Morgan fingerprint density at radius 1 is 1.17 bits per heavy atom. The molecular formula is C19H18Cl2N6O2. The molecule has 1 aliphatic carbocycles. The predicted molar refractivity (Wildman–Crippen MR) is 111 cm³/mol. The molecule has 3 heterocycles. The van der Waals surface area contributed by atoms with Crippen molar-refractivity contribution < 1.29 is 4.74 Å². The van der Waals surface area contributed by atoms with E-state index >= 15 is 0 Å². The molecule has 1 aliphatic rings. The van der Waals surface area contributed by atoms with Crippen molar-refractivity contribution in [3.05, 3.63) is 45.2 Å². The van der Waals surface area contributed by atoms with Crippen molar-refractivity contribution >= 4 is 45.4 Å². The van der Waals surface area contributed by atoms with Crippen LogP contribution >= 0.6 is 23.2 Å². The van der Waals surface area contributed by atoms with Crippen LogP contribution in [0.3, 0.4) is 0 Å². The number of aromatic nitrogens is 6. The van der Waals surface area contributed by atoms with Gasteiger partial charge in [0.2, 0.25) is 5.95 Å². The molecular weight excluding hydrogens is 415 g/mol. The normalized spacial score (nSPS) is 20.0. The predicted octanol–water partition coefficient (Wildman–Crippen LogP) is 3.90. The van der Waals surface area contributed by atoms with Crippen LogP contribution in [0.2, 0.25) is 10.2 Å². The van der Waals surface area contributed by atoms with Crippen LogP contribution < -0.4 is 5.69 Å². The maximum atomic E-state index is 12.7. The first-order valence-corrected chi connectivity index (χ1v) is 10.1. The number of halogens is 2. The van der Waals surface area contributed by atoms with Gasteiger partial charge in [-0.25, -0.2) is 9.78 Å². The Morgan fingerprint density at radius 2 is 1.97 bits per heavy atom. The molecule has 150 valence electrons. The van der Waals surface area contributed by atoms with Crippen LogP contribution in [0.4, 0.5) is 0 Å². The van der Waals surface area contributed by atoms with Gasteiger partial charge >= 0.3 is 5.69 Å². The summed E-state index contributed by atoms with van der Waals surface area (Å²) in [5.41, 5.74) is 2.23. The Morgan fingerprint density at radius 3 is 2.72 bits per heavy atom. The lowest BCUT2D eigenvalue weighted by Crippen LogP contribution is -2.28. The number of imidazole rings is 2. The quantitative estimate of drug-likeness (QED) is 0.495. The molecule has 1 aromatic carbocycles. The zero-order chi connectivity index (χ0) is 20.1. The summed E-state index contributed by atoms with van der Waals surface area (Å²) >= 11 is 12.6. The van der Waals surface area contributed by atoms with E-state index in [9.17, 15) is 4.79 Å². The topological polar surface area (TPSA) is 90.6 Å². The molecule has 0 radical (unpaired) electrons. The van der Waals surface area contributed by atoms with Gasteiger partial charge in [0.1, 0.15) is 11.8 Å². The van der Waals surface area contributed by atoms with Crippen molar-refractivity contribution in [1.82, 2.24) is 29.1 Å². The number of hydrogen-bond donors (Lipinski definition) is 1. The standard InChI is InChI=1S/C19H18Cl2N6O2/c1-29-12-5-3-11(4-6-12)27-17-15(23-19(27)28)16(21)24-18(25-17)26-9-22-13-7-2-10(20)8-14(13)26/h2,7-9,11-12H,3-6H2,1H3,(H,23,28)/t11-,12-. The molecule has 1 N–H and O–H groups in total. The largest absolute Gasteiger partial charge is 0.381 e. The highest BCUT2D eigenvalue weighted by atomic mass is 35.5. The number of methoxy groups -OCH3 is 1. The molecule has 0 atom stereocenters. The first-order chi connectivity index (χ1) is 14.0. The second-order valence-electron chi connectivity index (χ2n) is 7.23. The van der Waals surface area contributed by atoms with Gasteiger partial charge in [-0.05, 0) is 43.9 Å². The lowest BCUT2D eigenvalue weighted by atomic mass is 9.93. The Balaban J connectivity index is 1.65. The molecule has 5 rings (SSSR count). The number of ether oxygens (including phenoxy) is 1. The number of benzene rings is 1. The molecule has 0 saturated heterocycles. The molecule has 0 unspecified atom stereocenters. The molecule has 0 bridgehead atoms. The minimum Gasteiger partial charge on any atom is -0.381 e. The van der Waals surface area contributed by atoms with Gasteiger partial charge in [-0.1, -0.05) is 23.2 Å². The molecule has 0 amide bonds. The second kappa shape index (κ2) is 7.12. The van der Waals surface area contributed by atoms with Crippen LogP contribution in [0.1, 0.15) is 31.7 Å². The fraction of sp³-hybridized carbons (Fsp3) is 0.368. The summed E-state index contributed by atoms with van der Waals surface area (Å²) in [4.78, 5) is 28.9. The molecule has 29 heavy (non-hydrogen) atoms. The highest BCUT2D eigenvalue weighted by molar-refractivity contribution is 6.33. The van der Waals surface area contributed by atoms with Crippen molar-refractivity contribution in [3.8, 4) is 5.95 Å². The summed E-state index contributed by atoms with van der Waals surface area (Å²) < 4.78 is 8.87. The summed E-state index contributed by atoms with van der Waals surface area (Å²) in [6.45, 7) is 0. The van der Waals surface area contributed by atoms with Gasteiger partial charge < -0.3 is 9.72 Å². The van der Waals surface area contributed by atoms with E-state index < -0.39 is 0 Å². The lowest BCUT2D eigenvalue weighted by Gasteiger charge is -2.28. The van der Waals surface area contributed by atoms with Crippen molar-refractivity contribution in [3.63, 3.8) is 0 Å². The van der Waals surface area contributed by atoms with Gasteiger partial charge in [0.15, 0.2) is 10.8 Å². The average molecular weight is 433 g/mol. The second-order valence-corrected chi connectivity index (χ2v) is 8.02. The Hall–Kier alpha value is -2.42. The number of nitrogens with one attached hydrogen (secondary N) is 1. The SMILES string of the molecule is CO[C@H]1CC[C@H](n2c(=O)[nH]c3c(Cl)nc(-n4cnc5ccc(Cl)cc54)nc32)CC1. The van der Waals surface area contributed by atoms with Crippen LogP contribution in [-0.2, 0) is 4.74 Å². The number of rotatable bonds is 3. The molecule has 3 aromatic heterocycles. The van der Waals surface area contributed by atoms with Crippen molar-refractivity contribution in [2.45, 2.75) is 37.8 Å². The third kappa shape index (κ3) is 3.11. The highest BCUT2D eigenvalue weighted by Gasteiger charge is 2.26. The van der Waals surface area contributed by atoms with Gasteiger partial charge in [0.25, 0.3) is 0 Å². The Kier molecular flexibility index (Phi) is 4.57. The van der Waals surface area contributed by atoms with Crippen LogP contribution in [0.25, 0.3) is 28.1 Å². The number of nitrogens with zero attached hydrogens (tertiary/aromatic N) is 5. The monoisotopic (exact) mass is 432 g/mol. The third-order valence-corrected chi connectivity index (χ3v) is 6.09. The number of aromatic amines is 1. The summed E-state index contributed by atoms with van der Waals surface area (Å²) in [7, 11) is 1.73. The van der Waals surface area contributed by atoms with Gasteiger partial charge in [0.05, 0.1) is 17.1 Å². The van der Waals surface area contributed by atoms with Gasteiger partial charge in [-0.2, -0.15) is 9.97 Å². The molecule has 1 fully saturated rings. The molecule has 4 aromatic rings. The molecule has 10 heteroatoms. The number of fused-ring (bicyclic) bond motifs is 2. The fourth-order valence-electron chi connectivity index (χ4n) is 4.08. The summed E-state index contributed by atoms with van der Waals surface area (Å²) in [5, 5.41) is 0.773. The number of hydrogen-bond acceptors (Lipinski definition) is 5. The average Bonchev–Trinajstić information content (AvgIpc) is 3.28. The maximum Gasteiger partial charge on any atom is 0.328 e. The van der Waals surface area contributed by atoms with E-state index in [0.29, 0.717) is 22.1 Å². The molecule has 0 aliphatic heterocycles. The maximum absolute atomic E-state index is 12.7. The van der Waals surface area contributed by atoms with E-state index in [1.165, 1.54) is 0 Å². The lowest BCUT2D eigenvalue weighted by molar-refractivity contribution is 0.0585. The summed E-state index contributed by atoms with van der Waals surface area (Å²) in [6.07, 6.45) is 5.34. The van der Waals surface area contributed by atoms with Crippen LogP contribution in [-0.4, -0.2) is 42.3 Å². The van der Waals surface area contributed by atoms with Gasteiger partial charge in [0, 0.05) is 18.2 Å². The first kappa shape index (κ1) is 18.6. The van der Waals surface area contributed by atoms with Crippen molar-refractivity contribution in [2.75, 3.05) is 7.11 Å². The summed E-state index contributed by atoms with van der Waals surface area (Å²) in [6, 6.07) is 5.44. The van der Waals surface area contributed by atoms with Gasteiger partial charge in [-0.3, -0.25) is 9.13 Å². The Labute approximate surface area is 175 Å². The third-order valence-electron chi connectivity index (χ3n) is 5.58. The smallest absolute Gasteiger partial charge is 0.328 e. The molecule has 0 spiro atoms. The van der Waals surface area contributed by atoms with Gasteiger partial charge in [-0.15, -0.1) is 0 Å². The Bertz CT molecular complexity index is 1270.